The molecule has 0 spiro atoms. The minimum absolute atomic E-state index is 0.283. The lowest BCUT2D eigenvalue weighted by atomic mass is 9.84. The molecular weight excluding hydrogens is 430 g/mol. The van der Waals surface area contributed by atoms with Crippen LogP contribution in [0.2, 0.25) is 0 Å². The smallest absolute Gasteiger partial charge is 0.141 e. The van der Waals surface area contributed by atoms with Gasteiger partial charge in [0.05, 0.1) is 10.9 Å². The fourth-order valence-corrected chi connectivity index (χ4v) is 5.17. The van der Waals surface area contributed by atoms with Gasteiger partial charge in [0.1, 0.15) is 16.9 Å². The molecule has 0 amide bonds. The maximum Gasteiger partial charge on any atom is 0.141 e. The summed E-state index contributed by atoms with van der Waals surface area (Å²) >= 11 is 0. The fourth-order valence-electron chi connectivity index (χ4n) is 5.17. The van der Waals surface area contributed by atoms with Crippen LogP contribution < -0.4 is 16.3 Å². The highest BCUT2D eigenvalue weighted by Crippen LogP contribution is 2.29. The second-order valence-electron chi connectivity index (χ2n) is 9.43. The van der Waals surface area contributed by atoms with Crippen molar-refractivity contribution >= 4 is 34.4 Å². The van der Waals surface area contributed by atoms with Gasteiger partial charge in [0, 0.05) is 10.8 Å². The van der Waals surface area contributed by atoms with Crippen LogP contribution in [-0.4, -0.2) is 21.5 Å². The van der Waals surface area contributed by atoms with Crippen molar-refractivity contribution in [3.05, 3.63) is 52.1 Å². The Morgan fingerprint density at radius 2 is 1.83 bits per heavy atom. The number of aromatic nitrogens is 2. The van der Waals surface area contributed by atoms with E-state index < -0.39 is 0 Å². The number of nitrogens with zero attached hydrogens (tertiary/aromatic N) is 1. The molecule has 35 heavy (non-hydrogen) atoms. The van der Waals surface area contributed by atoms with E-state index in [1.807, 2.05) is 12.1 Å². The van der Waals surface area contributed by atoms with Crippen LogP contribution in [0.3, 0.4) is 0 Å². The fraction of sp³-hybridized carbons (Fsp3) is 0.484. The molecule has 4 rings (SSSR count). The average Bonchev–Trinajstić information content (AvgIpc) is 3.42. The Hall–Kier alpha value is -2.72. The van der Waals surface area contributed by atoms with Crippen molar-refractivity contribution in [1.82, 2.24) is 9.38 Å². The molecule has 1 aliphatic rings. The van der Waals surface area contributed by atoms with Crippen molar-refractivity contribution in [2.45, 2.75) is 86.5 Å². The molecule has 4 N–H and O–H groups in total. The van der Waals surface area contributed by atoms with Gasteiger partial charge in [-0.3, -0.25) is 4.40 Å². The number of H-pyrrole nitrogens is 1. The molecule has 1 fully saturated rings. The molecule has 2 aromatic heterocycles. The summed E-state index contributed by atoms with van der Waals surface area (Å²) in [4.78, 5) is 3.41. The summed E-state index contributed by atoms with van der Waals surface area (Å²) in [6, 6.07) is 3.71. The molecule has 4 nitrogen and oxygen atoms in total. The highest BCUT2D eigenvalue weighted by molar-refractivity contribution is 5.91. The molecule has 1 aliphatic carbocycles. The average molecular weight is 478 g/mol. The number of allylic oxidation sites excluding steroid dienone is 2. The van der Waals surface area contributed by atoms with Crippen LogP contribution in [0.1, 0.15) is 90.7 Å². The second kappa shape index (κ2) is 13.4. The zero-order valence-electron chi connectivity index (χ0n) is 23.1. The van der Waals surface area contributed by atoms with Crippen LogP contribution >= 0.6 is 0 Å². The molecule has 4 heteroatoms. The number of phenolic OH excluding ortho intramolecular Hbond substituents is 1. The van der Waals surface area contributed by atoms with Crippen molar-refractivity contribution in [3.63, 3.8) is 0 Å². The predicted molar refractivity (Wildman–Crippen MR) is 155 cm³/mol. The molecule has 0 saturated heterocycles. The van der Waals surface area contributed by atoms with Gasteiger partial charge in [-0.15, -0.1) is 0 Å². The Balaban J connectivity index is 0.000000302. The number of fused-ring (bicyclic) bond motifs is 3. The number of aromatic amines is 1. The second-order valence-corrected chi connectivity index (χ2v) is 9.43. The van der Waals surface area contributed by atoms with E-state index in [1.54, 1.807) is 11.6 Å². The first kappa shape index (κ1) is 28.5. The van der Waals surface area contributed by atoms with Gasteiger partial charge in [0.25, 0.3) is 0 Å². The Kier molecular flexibility index (Phi) is 10.9. The lowest BCUT2D eigenvalue weighted by Crippen LogP contribution is -2.29. The van der Waals surface area contributed by atoms with E-state index in [9.17, 15) is 5.11 Å². The molecule has 1 aromatic carbocycles. The third-order valence-corrected chi connectivity index (χ3v) is 7.32. The van der Waals surface area contributed by atoms with Gasteiger partial charge in [0.15, 0.2) is 0 Å². The summed E-state index contributed by atoms with van der Waals surface area (Å²) in [6.07, 6.45) is 15.7. The zero-order valence-corrected chi connectivity index (χ0v) is 23.1. The summed E-state index contributed by atoms with van der Waals surface area (Å²) in [5.74, 6) is 1.21. The van der Waals surface area contributed by atoms with Gasteiger partial charge in [-0.1, -0.05) is 69.6 Å². The molecule has 0 atom stereocenters. The van der Waals surface area contributed by atoms with E-state index >= 15 is 0 Å². The van der Waals surface area contributed by atoms with Crippen molar-refractivity contribution in [3.8, 4) is 5.75 Å². The molecule has 1 saturated carbocycles. The van der Waals surface area contributed by atoms with E-state index in [0.717, 1.165) is 46.6 Å². The Labute approximate surface area is 211 Å². The SMILES string of the molecule is C/C=C(\C)C1CCCCC1.C=Cc1/c(=C\CC)c(=C(C)CC)n2c1[nH]c1c(O)ccc(C)c12.CN. The monoisotopic (exact) mass is 477 g/mol. The molecule has 3 aromatic rings. The van der Waals surface area contributed by atoms with Crippen LogP contribution in [0.15, 0.2) is 30.4 Å². The van der Waals surface area contributed by atoms with Crippen LogP contribution in [0.5, 0.6) is 5.75 Å². The molecule has 0 bridgehead atoms. The molecule has 2 heterocycles. The number of phenols is 1. The number of nitrogens with two attached hydrogens (primary N) is 1. The van der Waals surface area contributed by atoms with E-state index in [2.05, 4.69) is 75.4 Å². The van der Waals surface area contributed by atoms with E-state index in [-0.39, 0.29) is 5.75 Å². The summed E-state index contributed by atoms with van der Waals surface area (Å²) < 4.78 is 2.25. The number of nitrogens with one attached hydrogen (secondary N) is 1. The van der Waals surface area contributed by atoms with E-state index in [1.165, 1.54) is 55.3 Å². The summed E-state index contributed by atoms with van der Waals surface area (Å²) in [5.41, 5.74) is 12.5. The Morgan fingerprint density at radius 1 is 1.17 bits per heavy atom. The first-order valence-electron chi connectivity index (χ1n) is 13.3. The summed E-state index contributed by atoms with van der Waals surface area (Å²) in [5, 5.41) is 12.7. The molecule has 0 unspecified atom stereocenters. The van der Waals surface area contributed by atoms with Crippen molar-refractivity contribution < 1.29 is 5.11 Å². The van der Waals surface area contributed by atoms with Gasteiger partial charge >= 0.3 is 0 Å². The quantitative estimate of drug-likeness (QED) is 0.356. The van der Waals surface area contributed by atoms with Gasteiger partial charge in [-0.05, 0) is 83.5 Å². The molecule has 0 aliphatic heterocycles. The number of rotatable bonds is 4. The topological polar surface area (TPSA) is 66.5 Å². The normalized spacial score (nSPS) is 16.0. The van der Waals surface area contributed by atoms with Gasteiger partial charge in [-0.25, -0.2) is 0 Å². The van der Waals surface area contributed by atoms with Crippen LogP contribution in [0.25, 0.3) is 34.4 Å². The minimum Gasteiger partial charge on any atom is -0.506 e. The molecular formula is C31H47N3O. The Morgan fingerprint density at radius 3 is 2.37 bits per heavy atom. The van der Waals surface area contributed by atoms with Crippen LogP contribution in [-0.2, 0) is 0 Å². The molecule has 0 radical (unpaired) electrons. The van der Waals surface area contributed by atoms with Crippen molar-refractivity contribution in [2.24, 2.45) is 11.7 Å². The lowest BCUT2D eigenvalue weighted by molar-refractivity contribution is 0.402. The summed E-state index contributed by atoms with van der Waals surface area (Å²) in [7, 11) is 1.50. The number of imidazole rings is 1. The van der Waals surface area contributed by atoms with Gasteiger partial charge < -0.3 is 15.8 Å². The van der Waals surface area contributed by atoms with Gasteiger partial charge in [0.2, 0.25) is 0 Å². The van der Waals surface area contributed by atoms with E-state index in [4.69, 9.17) is 0 Å². The lowest BCUT2D eigenvalue weighted by Gasteiger charge is -2.21. The highest BCUT2D eigenvalue weighted by Gasteiger charge is 2.16. The van der Waals surface area contributed by atoms with Crippen LogP contribution in [0, 0.1) is 12.8 Å². The number of aryl methyl sites for hydroxylation is 1. The third-order valence-electron chi connectivity index (χ3n) is 7.32. The zero-order chi connectivity index (χ0) is 26.1. The number of hydrogen-bond donors (Lipinski definition) is 3. The van der Waals surface area contributed by atoms with Crippen molar-refractivity contribution in [1.29, 1.82) is 0 Å². The maximum atomic E-state index is 10.3. The first-order chi connectivity index (χ1) is 16.9. The standard InChI is InChI=1S/C20H24N2O.C10H18.CH5N/c1-6-9-15-14(8-3)20-21-17-16(23)11-10-13(5)19(17)22(20)18(15)12(4)7-2;1-3-9(2)10-7-5-4-6-8-10;1-2/h8-11,21,23H,3,6-7H2,1-2,4-5H3;3,10H,4-8H2,1-2H3;2H2,1H3/b15-9+,18-12?;9-3+;. The van der Waals surface area contributed by atoms with Crippen LogP contribution in [0.4, 0.5) is 0 Å². The van der Waals surface area contributed by atoms with E-state index in [0.29, 0.717) is 0 Å². The predicted octanol–water partition coefficient (Wildman–Crippen LogP) is 6.96. The third kappa shape index (κ3) is 5.92. The summed E-state index contributed by atoms with van der Waals surface area (Å²) in [6.45, 7) is 17.0. The van der Waals surface area contributed by atoms with Gasteiger partial charge in [-0.2, -0.15) is 0 Å². The van der Waals surface area contributed by atoms with Crippen molar-refractivity contribution in [2.75, 3.05) is 7.05 Å². The number of hydrogen-bond acceptors (Lipinski definition) is 2. The molecule has 192 valence electrons. The number of aromatic hydroxyl groups is 1. The maximum absolute atomic E-state index is 10.3. The minimum atomic E-state index is 0.283. The first-order valence-corrected chi connectivity index (χ1v) is 13.3. The Bertz CT molecular complexity index is 1280. The highest BCUT2D eigenvalue weighted by atomic mass is 16.3. The number of benzene rings is 1. The largest absolute Gasteiger partial charge is 0.506 e.